The molecule has 140 valence electrons. The summed E-state index contributed by atoms with van der Waals surface area (Å²) in [4.78, 5) is 8.59. The van der Waals surface area contributed by atoms with Crippen LogP contribution in [0.5, 0.6) is 0 Å². The van der Waals surface area contributed by atoms with Crippen molar-refractivity contribution in [3.8, 4) is 11.1 Å². The maximum absolute atomic E-state index is 6.22. The Morgan fingerprint density at radius 3 is 2.81 bits per heavy atom. The van der Waals surface area contributed by atoms with Gasteiger partial charge in [0, 0.05) is 30.6 Å². The Balaban J connectivity index is 1.64. The van der Waals surface area contributed by atoms with Crippen LogP contribution < -0.4 is 5.32 Å². The maximum atomic E-state index is 6.22. The van der Waals surface area contributed by atoms with Gasteiger partial charge in [-0.1, -0.05) is 12.8 Å². The molecule has 3 atom stereocenters. The first-order valence-electron chi connectivity index (χ1n) is 9.05. The van der Waals surface area contributed by atoms with E-state index in [0.29, 0.717) is 5.82 Å². The number of halogens is 1. The van der Waals surface area contributed by atoms with Gasteiger partial charge in [0.1, 0.15) is 11.9 Å². The number of hydrogen-bond acceptors (Lipinski definition) is 6. The topological polar surface area (TPSA) is 74.1 Å². The normalized spacial score (nSPS) is 27.8. The number of anilines is 1. The van der Waals surface area contributed by atoms with Gasteiger partial charge in [-0.2, -0.15) is 5.10 Å². The van der Waals surface area contributed by atoms with Gasteiger partial charge in [0.2, 0.25) is 5.28 Å². The molecule has 2 aromatic rings. The SMILES string of the molecule is Cn1cc(-c2cnc(Cl)nc2NC2CCCCC3OC(C)(C)OC23)cn1. The molecule has 0 amide bonds. The Kier molecular flexibility index (Phi) is 4.62. The number of ether oxygens (including phenoxy) is 2. The zero-order chi connectivity index (χ0) is 18.3. The Morgan fingerprint density at radius 2 is 2.04 bits per heavy atom. The molecule has 7 nitrogen and oxygen atoms in total. The van der Waals surface area contributed by atoms with Gasteiger partial charge in [0.05, 0.1) is 18.3 Å². The second kappa shape index (κ2) is 6.79. The van der Waals surface area contributed by atoms with Crippen molar-refractivity contribution < 1.29 is 9.47 Å². The lowest BCUT2D eigenvalue weighted by molar-refractivity contribution is -0.148. The highest BCUT2D eigenvalue weighted by atomic mass is 35.5. The molecule has 0 aromatic carbocycles. The van der Waals surface area contributed by atoms with E-state index in [1.54, 1.807) is 17.1 Å². The minimum absolute atomic E-state index is 0.0111. The van der Waals surface area contributed by atoms with Gasteiger partial charge in [-0.25, -0.2) is 9.97 Å². The smallest absolute Gasteiger partial charge is 0.224 e. The summed E-state index contributed by atoms with van der Waals surface area (Å²) in [6.07, 6.45) is 9.84. The predicted molar refractivity (Wildman–Crippen MR) is 98.9 cm³/mol. The Labute approximate surface area is 158 Å². The Hall–Kier alpha value is -1.70. The lowest BCUT2D eigenvalue weighted by Gasteiger charge is -2.26. The molecular weight excluding hydrogens is 354 g/mol. The number of fused-ring (bicyclic) bond motifs is 1. The first-order valence-corrected chi connectivity index (χ1v) is 9.43. The number of aryl methyl sites for hydroxylation is 1. The fourth-order valence-corrected chi connectivity index (χ4v) is 4.01. The van der Waals surface area contributed by atoms with E-state index in [0.717, 1.165) is 36.8 Å². The highest BCUT2D eigenvalue weighted by molar-refractivity contribution is 6.28. The third-order valence-electron chi connectivity index (χ3n) is 4.97. The molecule has 26 heavy (non-hydrogen) atoms. The van der Waals surface area contributed by atoms with Crippen LogP contribution in [0.3, 0.4) is 0 Å². The van der Waals surface area contributed by atoms with E-state index in [-0.39, 0.29) is 23.5 Å². The van der Waals surface area contributed by atoms with Crippen LogP contribution in [-0.4, -0.2) is 43.8 Å². The highest BCUT2D eigenvalue weighted by Crippen LogP contribution is 2.38. The molecule has 4 rings (SSSR count). The summed E-state index contributed by atoms with van der Waals surface area (Å²) in [5, 5.41) is 8.03. The van der Waals surface area contributed by atoms with Crippen molar-refractivity contribution in [2.75, 3.05) is 5.32 Å². The predicted octanol–water partition coefficient (Wildman–Crippen LogP) is 3.41. The van der Waals surface area contributed by atoms with Gasteiger partial charge in [-0.15, -0.1) is 0 Å². The molecule has 3 heterocycles. The number of nitrogens with one attached hydrogen (secondary N) is 1. The van der Waals surface area contributed by atoms with Crippen LogP contribution in [0.25, 0.3) is 11.1 Å². The van der Waals surface area contributed by atoms with Gasteiger partial charge in [-0.05, 0) is 38.3 Å². The largest absolute Gasteiger partial charge is 0.364 e. The molecule has 1 N–H and O–H groups in total. The molecule has 0 spiro atoms. The van der Waals surface area contributed by atoms with Crippen molar-refractivity contribution in [2.45, 2.75) is 63.6 Å². The third kappa shape index (κ3) is 3.56. The van der Waals surface area contributed by atoms with Gasteiger partial charge in [0.25, 0.3) is 0 Å². The highest BCUT2D eigenvalue weighted by Gasteiger charge is 2.45. The molecule has 3 unspecified atom stereocenters. The molecule has 2 aromatic heterocycles. The number of hydrogen-bond donors (Lipinski definition) is 1. The van der Waals surface area contributed by atoms with E-state index in [9.17, 15) is 0 Å². The van der Waals surface area contributed by atoms with E-state index in [2.05, 4.69) is 20.4 Å². The summed E-state index contributed by atoms with van der Waals surface area (Å²) >= 11 is 6.08. The zero-order valence-electron chi connectivity index (χ0n) is 15.3. The van der Waals surface area contributed by atoms with Crippen LogP contribution in [0.4, 0.5) is 5.82 Å². The van der Waals surface area contributed by atoms with E-state index in [1.165, 1.54) is 0 Å². The minimum atomic E-state index is -0.553. The van der Waals surface area contributed by atoms with Crippen molar-refractivity contribution in [3.63, 3.8) is 0 Å². The van der Waals surface area contributed by atoms with Crippen molar-refractivity contribution in [1.82, 2.24) is 19.7 Å². The molecule has 1 saturated heterocycles. The van der Waals surface area contributed by atoms with E-state index >= 15 is 0 Å². The van der Waals surface area contributed by atoms with E-state index in [1.807, 2.05) is 27.1 Å². The molecule has 2 aliphatic rings. The van der Waals surface area contributed by atoms with Crippen molar-refractivity contribution in [1.29, 1.82) is 0 Å². The molecule has 0 radical (unpaired) electrons. The van der Waals surface area contributed by atoms with E-state index in [4.69, 9.17) is 21.1 Å². The van der Waals surface area contributed by atoms with Crippen molar-refractivity contribution in [3.05, 3.63) is 23.9 Å². The first-order chi connectivity index (χ1) is 12.4. The summed E-state index contributed by atoms with van der Waals surface area (Å²) in [7, 11) is 1.88. The van der Waals surface area contributed by atoms with Gasteiger partial charge in [-0.3, -0.25) is 4.68 Å². The van der Waals surface area contributed by atoms with Crippen LogP contribution in [0.15, 0.2) is 18.6 Å². The van der Waals surface area contributed by atoms with Crippen LogP contribution in [0.2, 0.25) is 5.28 Å². The lowest BCUT2D eigenvalue weighted by atomic mass is 10.0. The average Bonchev–Trinajstić information content (AvgIpc) is 3.08. The molecule has 1 aliphatic carbocycles. The number of rotatable bonds is 3. The van der Waals surface area contributed by atoms with Crippen molar-refractivity contribution >= 4 is 17.4 Å². The fourth-order valence-electron chi connectivity index (χ4n) is 3.87. The molecule has 1 aliphatic heterocycles. The van der Waals surface area contributed by atoms with Crippen LogP contribution >= 0.6 is 11.6 Å². The standard InChI is InChI=1S/C18H24ClN5O2/c1-18(2)25-14-7-5-4-6-13(15(14)26-18)22-16-12(9-20-17(19)23-16)11-8-21-24(3)10-11/h8-10,13-15H,4-7H2,1-3H3,(H,20,22,23). The average molecular weight is 378 g/mol. The van der Waals surface area contributed by atoms with Crippen LogP contribution in [0.1, 0.15) is 39.5 Å². The number of aromatic nitrogens is 4. The van der Waals surface area contributed by atoms with Crippen LogP contribution in [-0.2, 0) is 16.5 Å². The lowest BCUT2D eigenvalue weighted by Crippen LogP contribution is -2.39. The summed E-state index contributed by atoms with van der Waals surface area (Å²) in [6.45, 7) is 3.95. The summed E-state index contributed by atoms with van der Waals surface area (Å²) in [6, 6.07) is 0.102. The Morgan fingerprint density at radius 1 is 1.23 bits per heavy atom. The third-order valence-corrected chi connectivity index (χ3v) is 5.15. The monoisotopic (exact) mass is 377 g/mol. The second-order valence-electron chi connectivity index (χ2n) is 7.48. The van der Waals surface area contributed by atoms with E-state index < -0.39 is 5.79 Å². The van der Waals surface area contributed by atoms with Crippen molar-refractivity contribution in [2.24, 2.45) is 7.05 Å². The minimum Gasteiger partial charge on any atom is -0.364 e. The molecule has 1 saturated carbocycles. The summed E-state index contributed by atoms with van der Waals surface area (Å²) in [5.41, 5.74) is 1.82. The van der Waals surface area contributed by atoms with Gasteiger partial charge >= 0.3 is 0 Å². The molecule has 0 bridgehead atoms. The quantitative estimate of drug-likeness (QED) is 0.826. The zero-order valence-corrected chi connectivity index (χ0v) is 16.0. The van der Waals surface area contributed by atoms with Gasteiger partial charge < -0.3 is 14.8 Å². The molecular formula is C18H24ClN5O2. The summed E-state index contributed by atoms with van der Waals surface area (Å²) in [5.74, 6) is 0.152. The second-order valence-corrected chi connectivity index (χ2v) is 7.82. The fraction of sp³-hybridized carbons (Fsp3) is 0.611. The number of nitrogens with zero attached hydrogens (tertiary/aromatic N) is 4. The molecule has 2 fully saturated rings. The summed E-state index contributed by atoms with van der Waals surface area (Å²) < 4.78 is 14.1. The maximum Gasteiger partial charge on any atom is 0.224 e. The van der Waals surface area contributed by atoms with Crippen LogP contribution in [0, 0.1) is 0 Å². The van der Waals surface area contributed by atoms with Gasteiger partial charge in [0.15, 0.2) is 5.79 Å². The Bertz CT molecular complexity index is 794. The first kappa shape index (κ1) is 17.7. The molecule has 8 heteroatoms.